The third kappa shape index (κ3) is 4.16. The molecule has 128 valence electrons. The first-order valence-corrected chi connectivity index (χ1v) is 9.64. The van der Waals surface area contributed by atoms with Crippen LogP contribution in [0.1, 0.15) is 5.56 Å². The molecule has 0 aliphatic rings. The number of ether oxygens (including phenoxy) is 1. The van der Waals surface area contributed by atoms with Crippen LogP contribution >= 0.6 is 47.8 Å². The fraction of sp³-hybridized carbons (Fsp3) is 0.0556. The van der Waals surface area contributed by atoms with Gasteiger partial charge >= 0.3 is 6.03 Å². The van der Waals surface area contributed by atoms with E-state index in [1.54, 1.807) is 17.9 Å². The summed E-state index contributed by atoms with van der Waals surface area (Å²) in [6, 6.07) is 12.9. The van der Waals surface area contributed by atoms with Crippen LogP contribution in [0.2, 0.25) is 0 Å². The lowest BCUT2D eigenvalue weighted by molar-refractivity contribution is 0.254. The van der Waals surface area contributed by atoms with E-state index in [-0.39, 0.29) is 6.03 Å². The fourth-order valence-corrected chi connectivity index (χ4v) is 3.36. The van der Waals surface area contributed by atoms with Crippen molar-refractivity contribution in [2.45, 2.75) is 0 Å². The molecule has 7 heteroatoms. The molecule has 1 aromatic heterocycles. The minimum absolute atomic E-state index is 0.233. The number of benzene rings is 2. The molecule has 0 spiro atoms. The van der Waals surface area contributed by atoms with Crippen molar-refractivity contribution in [1.82, 2.24) is 4.57 Å². The molecule has 1 amide bonds. The summed E-state index contributed by atoms with van der Waals surface area (Å²) in [4.78, 5) is 12.7. The van der Waals surface area contributed by atoms with E-state index in [1.807, 2.05) is 48.5 Å². The standard InChI is InChI=1S/C18H13Br3N2O2/c1-25-14-3-5-16-11(9-14)6-7-23(16)18(24)22-15-4-2-13(19)8-12(15)10-17(20)21/h2-10H,1H3,(H,22,24). The average molecular weight is 529 g/mol. The van der Waals surface area contributed by atoms with Gasteiger partial charge in [-0.2, -0.15) is 0 Å². The smallest absolute Gasteiger partial charge is 0.330 e. The molecule has 4 nitrogen and oxygen atoms in total. The molecule has 0 aliphatic heterocycles. The molecule has 1 heterocycles. The topological polar surface area (TPSA) is 43.3 Å². The van der Waals surface area contributed by atoms with Crippen molar-refractivity contribution in [2.24, 2.45) is 0 Å². The van der Waals surface area contributed by atoms with Crippen LogP contribution in [0.25, 0.3) is 17.0 Å². The van der Waals surface area contributed by atoms with Crippen LogP contribution in [-0.4, -0.2) is 17.7 Å². The van der Waals surface area contributed by atoms with Crippen molar-refractivity contribution in [3.8, 4) is 5.75 Å². The summed E-state index contributed by atoms with van der Waals surface area (Å²) < 4.78 is 8.51. The van der Waals surface area contributed by atoms with Gasteiger partial charge in [-0.05, 0) is 80.4 Å². The first kappa shape index (κ1) is 18.2. The number of fused-ring (bicyclic) bond motifs is 1. The molecule has 0 unspecified atom stereocenters. The fourth-order valence-electron chi connectivity index (χ4n) is 2.48. The molecule has 2 aromatic carbocycles. The number of nitrogens with one attached hydrogen (secondary N) is 1. The zero-order chi connectivity index (χ0) is 18.0. The van der Waals surface area contributed by atoms with Gasteiger partial charge in [0.15, 0.2) is 0 Å². The number of hydrogen-bond donors (Lipinski definition) is 1. The third-order valence-electron chi connectivity index (χ3n) is 3.64. The SMILES string of the molecule is COc1ccc2c(ccn2C(=O)Nc2ccc(Br)cc2C=C(Br)Br)c1. The lowest BCUT2D eigenvalue weighted by Crippen LogP contribution is -2.19. The molecule has 0 aliphatic carbocycles. The summed E-state index contributed by atoms with van der Waals surface area (Å²) in [5, 5.41) is 3.89. The Hall–Kier alpha value is -1.57. The Morgan fingerprint density at radius 3 is 2.68 bits per heavy atom. The maximum atomic E-state index is 12.7. The predicted octanol–water partition coefficient (Wildman–Crippen LogP) is 6.58. The van der Waals surface area contributed by atoms with Crippen LogP contribution in [-0.2, 0) is 0 Å². The van der Waals surface area contributed by atoms with Gasteiger partial charge in [-0.15, -0.1) is 0 Å². The average Bonchev–Trinajstić information content (AvgIpc) is 2.99. The summed E-state index contributed by atoms with van der Waals surface area (Å²) >= 11 is 10.2. The van der Waals surface area contributed by atoms with Gasteiger partial charge in [-0.1, -0.05) is 15.9 Å². The van der Waals surface area contributed by atoms with E-state index in [1.165, 1.54) is 0 Å². The Morgan fingerprint density at radius 2 is 1.96 bits per heavy atom. The number of aromatic nitrogens is 1. The minimum atomic E-state index is -0.233. The highest BCUT2D eigenvalue weighted by atomic mass is 79.9. The Balaban J connectivity index is 1.94. The van der Waals surface area contributed by atoms with Gasteiger partial charge in [0.1, 0.15) is 5.75 Å². The van der Waals surface area contributed by atoms with Crippen LogP contribution in [0.3, 0.4) is 0 Å². The molecular formula is C18H13Br3N2O2. The first-order chi connectivity index (χ1) is 12.0. The Kier molecular flexibility index (Phi) is 5.66. The molecule has 1 N–H and O–H groups in total. The number of hydrogen-bond acceptors (Lipinski definition) is 2. The van der Waals surface area contributed by atoms with Gasteiger partial charge in [0.2, 0.25) is 0 Å². The quantitative estimate of drug-likeness (QED) is 0.417. The summed E-state index contributed by atoms with van der Waals surface area (Å²) in [7, 11) is 1.62. The Morgan fingerprint density at radius 1 is 1.16 bits per heavy atom. The molecule has 0 saturated heterocycles. The van der Waals surface area contributed by atoms with E-state index >= 15 is 0 Å². The maximum Gasteiger partial charge on any atom is 0.330 e. The highest BCUT2D eigenvalue weighted by Gasteiger charge is 2.12. The van der Waals surface area contributed by atoms with Gasteiger partial charge in [0.05, 0.1) is 16.0 Å². The molecule has 3 rings (SSSR count). The van der Waals surface area contributed by atoms with E-state index < -0.39 is 0 Å². The second kappa shape index (κ2) is 7.76. The molecule has 25 heavy (non-hydrogen) atoms. The largest absolute Gasteiger partial charge is 0.497 e. The maximum absolute atomic E-state index is 12.7. The summed E-state index contributed by atoms with van der Waals surface area (Å²) in [5.41, 5.74) is 2.39. The van der Waals surface area contributed by atoms with Gasteiger partial charge in [-0.3, -0.25) is 4.57 Å². The number of carbonyl (C=O) groups is 1. The third-order valence-corrected chi connectivity index (χ3v) is 4.59. The second-order valence-corrected chi connectivity index (χ2v) is 8.89. The van der Waals surface area contributed by atoms with Crippen molar-refractivity contribution >= 4 is 76.5 Å². The van der Waals surface area contributed by atoms with Gasteiger partial charge in [0, 0.05) is 27.3 Å². The molecule has 0 fully saturated rings. The highest BCUT2D eigenvalue weighted by molar-refractivity contribution is 9.28. The molecule has 0 atom stereocenters. The zero-order valence-corrected chi connectivity index (χ0v) is 17.9. The minimum Gasteiger partial charge on any atom is -0.497 e. The Bertz CT molecular complexity index is 976. The zero-order valence-electron chi connectivity index (χ0n) is 13.1. The second-order valence-electron chi connectivity index (χ2n) is 5.21. The van der Waals surface area contributed by atoms with Crippen LogP contribution in [0.4, 0.5) is 10.5 Å². The summed E-state index contributed by atoms with van der Waals surface area (Å²) in [6.45, 7) is 0. The van der Waals surface area contributed by atoms with E-state index in [2.05, 4.69) is 53.1 Å². The first-order valence-electron chi connectivity index (χ1n) is 7.26. The predicted molar refractivity (Wildman–Crippen MR) is 113 cm³/mol. The number of rotatable bonds is 3. The van der Waals surface area contributed by atoms with Crippen LogP contribution in [0.15, 0.2) is 56.5 Å². The van der Waals surface area contributed by atoms with Crippen molar-refractivity contribution < 1.29 is 9.53 Å². The Labute approximate surface area is 170 Å². The van der Waals surface area contributed by atoms with Crippen molar-refractivity contribution in [1.29, 1.82) is 0 Å². The molecule has 0 bridgehead atoms. The number of nitrogens with zero attached hydrogens (tertiary/aromatic N) is 1. The molecule has 0 saturated carbocycles. The van der Waals surface area contributed by atoms with E-state index in [0.717, 1.165) is 30.1 Å². The van der Waals surface area contributed by atoms with Crippen LogP contribution in [0.5, 0.6) is 5.75 Å². The molecular weight excluding hydrogens is 516 g/mol. The molecule has 0 radical (unpaired) electrons. The van der Waals surface area contributed by atoms with E-state index in [9.17, 15) is 4.79 Å². The summed E-state index contributed by atoms with van der Waals surface area (Å²) in [6.07, 6.45) is 3.62. The number of methoxy groups -OCH3 is 1. The number of amides is 1. The van der Waals surface area contributed by atoms with Crippen LogP contribution in [0, 0.1) is 0 Å². The number of anilines is 1. The van der Waals surface area contributed by atoms with Gasteiger partial charge in [-0.25, -0.2) is 4.79 Å². The molecule has 3 aromatic rings. The highest BCUT2D eigenvalue weighted by Crippen LogP contribution is 2.28. The van der Waals surface area contributed by atoms with E-state index in [0.29, 0.717) is 5.69 Å². The number of carbonyl (C=O) groups excluding carboxylic acids is 1. The van der Waals surface area contributed by atoms with Crippen LogP contribution < -0.4 is 10.1 Å². The summed E-state index contributed by atoms with van der Waals surface area (Å²) in [5.74, 6) is 0.758. The number of halogens is 3. The van der Waals surface area contributed by atoms with Crippen molar-refractivity contribution in [3.63, 3.8) is 0 Å². The van der Waals surface area contributed by atoms with Crippen molar-refractivity contribution in [3.05, 3.63) is 62.1 Å². The van der Waals surface area contributed by atoms with E-state index in [4.69, 9.17) is 4.74 Å². The van der Waals surface area contributed by atoms with Gasteiger partial charge in [0.25, 0.3) is 0 Å². The normalized spacial score (nSPS) is 10.6. The lowest BCUT2D eigenvalue weighted by Gasteiger charge is -2.11. The monoisotopic (exact) mass is 526 g/mol. The van der Waals surface area contributed by atoms with Crippen molar-refractivity contribution in [2.75, 3.05) is 12.4 Å². The lowest BCUT2D eigenvalue weighted by atomic mass is 10.2. The van der Waals surface area contributed by atoms with Gasteiger partial charge < -0.3 is 10.1 Å².